The van der Waals surface area contributed by atoms with Gasteiger partial charge in [0.2, 0.25) is 5.88 Å². The van der Waals surface area contributed by atoms with Crippen LogP contribution in [0.5, 0.6) is 5.88 Å². The van der Waals surface area contributed by atoms with E-state index in [2.05, 4.69) is 9.97 Å². The van der Waals surface area contributed by atoms with Crippen molar-refractivity contribution < 1.29 is 10.0 Å². The van der Waals surface area contributed by atoms with Crippen LogP contribution in [-0.4, -0.2) is 20.0 Å². The zero-order chi connectivity index (χ0) is 14.9. The molecule has 7 nitrogen and oxygen atoms in total. The van der Waals surface area contributed by atoms with Gasteiger partial charge in [-0.05, 0) is 18.1 Å². The number of aromatic nitrogens is 2. The summed E-state index contributed by atoms with van der Waals surface area (Å²) in [7, 11) is 0. The average molecular weight is 275 g/mol. The fourth-order valence-electron chi connectivity index (χ4n) is 1.87. The number of nitro benzene ring substituents is 1. The lowest BCUT2D eigenvalue weighted by Gasteiger charge is -2.08. The van der Waals surface area contributed by atoms with Gasteiger partial charge in [-0.25, -0.2) is 0 Å². The molecule has 0 spiro atoms. The number of non-ortho nitro benzene ring substituents is 1. The van der Waals surface area contributed by atoms with Crippen molar-refractivity contribution in [3.63, 3.8) is 0 Å². The predicted molar refractivity (Wildman–Crippen MR) is 72.7 cm³/mol. The third-order valence-electron chi connectivity index (χ3n) is 2.86. The van der Waals surface area contributed by atoms with Crippen LogP contribution in [0.25, 0.3) is 11.4 Å². The van der Waals surface area contributed by atoms with Gasteiger partial charge in [-0.3, -0.25) is 14.9 Å². The highest BCUT2D eigenvalue weighted by atomic mass is 16.6. The Balaban J connectivity index is 2.49. The molecule has 0 bridgehead atoms. The third kappa shape index (κ3) is 2.51. The minimum Gasteiger partial charge on any atom is -0.493 e. The molecule has 2 aromatic rings. The van der Waals surface area contributed by atoms with Crippen LogP contribution in [0.4, 0.5) is 5.69 Å². The molecular formula is C13H13N3O4. The summed E-state index contributed by atoms with van der Waals surface area (Å²) in [6.45, 7) is 3.55. The van der Waals surface area contributed by atoms with Gasteiger partial charge in [0, 0.05) is 17.7 Å². The summed E-state index contributed by atoms with van der Waals surface area (Å²) in [4.78, 5) is 28.4. The van der Waals surface area contributed by atoms with Gasteiger partial charge >= 0.3 is 0 Å². The Morgan fingerprint density at radius 3 is 2.35 bits per heavy atom. The molecule has 104 valence electrons. The van der Waals surface area contributed by atoms with Gasteiger partial charge in [-0.2, -0.15) is 4.98 Å². The maximum Gasteiger partial charge on any atom is 0.269 e. The van der Waals surface area contributed by atoms with Gasteiger partial charge in [-0.1, -0.05) is 13.8 Å². The second-order valence-electron chi connectivity index (χ2n) is 4.61. The smallest absolute Gasteiger partial charge is 0.269 e. The highest BCUT2D eigenvalue weighted by Gasteiger charge is 2.15. The van der Waals surface area contributed by atoms with E-state index in [9.17, 15) is 20.0 Å². The summed E-state index contributed by atoms with van der Waals surface area (Å²) in [5, 5.41) is 20.4. The molecule has 1 aromatic carbocycles. The van der Waals surface area contributed by atoms with E-state index in [-0.39, 0.29) is 28.9 Å². The Bertz CT molecular complexity index is 705. The van der Waals surface area contributed by atoms with E-state index in [1.165, 1.54) is 24.3 Å². The molecule has 0 atom stereocenters. The quantitative estimate of drug-likeness (QED) is 0.659. The minimum atomic E-state index is -0.515. The van der Waals surface area contributed by atoms with Crippen molar-refractivity contribution in [2.75, 3.05) is 0 Å². The van der Waals surface area contributed by atoms with Crippen LogP contribution in [0, 0.1) is 10.1 Å². The number of aromatic amines is 1. The number of benzene rings is 1. The number of hydrogen-bond acceptors (Lipinski definition) is 5. The zero-order valence-corrected chi connectivity index (χ0v) is 11.0. The van der Waals surface area contributed by atoms with Crippen molar-refractivity contribution in [2.24, 2.45) is 0 Å². The van der Waals surface area contributed by atoms with Crippen LogP contribution >= 0.6 is 0 Å². The molecule has 20 heavy (non-hydrogen) atoms. The predicted octanol–water partition coefficient (Wildman–Crippen LogP) is 2.17. The Hall–Kier alpha value is -2.70. The van der Waals surface area contributed by atoms with E-state index < -0.39 is 10.5 Å². The molecule has 0 fully saturated rings. The lowest BCUT2D eigenvalue weighted by Crippen LogP contribution is -2.16. The van der Waals surface area contributed by atoms with Crippen LogP contribution in [0.2, 0.25) is 0 Å². The second kappa shape index (κ2) is 5.12. The molecule has 0 unspecified atom stereocenters. The van der Waals surface area contributed by atoms with Crippen molar-refractivity contribution in [2.45, 2.75) is 19.8 Å². The summed E-state index contributed by atoms with van der Waals surface area (Å²) in [6.07, 6.45) is 0. The van der Waals surface area contributed by atoms with E-state index >= 15 is 0 Å². The Morgan fingerprint density at radius 2 is 1.90 bits per heavy atom. The van der Waals surface area contributed by atoms with Crippen molar-refractivity contribution in [3.8, 4) is 17.3 Å². The fourth-order valence-corrected chi connectivity index (χ4v) is 1.87. The highest BCUT2D eigenvalue weighted by molar-refractivity contribution is 5.58. The molecule has 1 heterocycles. The summed E-state index contributed by atoms with van der Waals surface area (Å²) >= 11 is 0. The number of rotatable bonds is 3. The molecule has 0 saturated carbocycles. The SMILES string of the molecule is CC(C)c1c(O)nc(-c2ccc([N+](=O)[O-])cc2)[nH]c1=O. The van der Waals surface area contributed by atoms with Gasteiger partial charge in [0.25, 0.3) is 11.2 Å². The van der Waals surface area contributed by atoms with Crippen molar-refractivity contribution in [1.29, 1.82) is 0 Å². The maximum absolute atomic E-state index is 11.9. The van der Waals surface area contributed by atoms with Gasteiger partial charge < -0.3 is 10.1 Å². The summed E-state index contributed by atoms with van der Waals surface area (Å²) in [5.41, 5.74) is 0.231. The summed E-state index contributed by atoms with van der Waals surface area (Å²) < 4.78 is 0. The lowest BCUT2D eigenvalue weighted by molar-refractivity contribution is -0.384. The molecule has 0 radical (unpaired) electrons. The first-order valence-electron chi connectivity index (χ1n) is 5.98. The van der Waals surface area contributed by atoms with Crippen LogP contribution in [0.3, 0.4) is 0 Å². The molecule has 0 saturated heterocycles. The fraction of sp³-hybridized carbons (Fsp3) is 0.231. The number of nitrogens with zero attached hydrogens (tertiary/aromatic N) is 2. The average Bonchev–Trinajstić information content (AvgIpc) is 2.37. The van der Waals surface area contributed by atoms with Gasteiger partial charge in [-0.15, -0.1) is 0 Å². The third-order valence-corrected chi connectivity index (χ3v) is 2.86. The number of nitrogens with one attached hydrogen (secondary N) is 1. The first-order chi connectivity index (χ1) is 9.40. The Kier molecular flexibility index (Phi) is 3.51. The van der Waals surface area contributed by atoms with Crippen LogP contribution < -0.4 is 5.56 Å². The maximum atomic E-state index is 11.9. The summed E-state index contributed by atoms with van der Waals surface area (Å²) in [5.74, 6) is -0.305. The van der Waals surface area contributed by atoms with Gasteiger partial charge in [0.05, 0.1) is 10.5 Å². The minimum absolute atomic E-state index is 0.0564. The second-order valence-corrected chi connectivity index (χ2v) is 4.61. The molecule has 0 aliphatic carbocycles. The molecule has 7 heteroatoms. The van der Waals surface area contributed by atoms with Crippen molar-refractivity contribution in [1.82, 2.24) is 9.97 Å². The zero-order valence-electron chi connectivity index (χ0n) is 11.0. The standard InChI is InChI=1S/C13H13N3O4/c1-7(2)10-12(17)14-11(15-13(10)18)8-3-5-9(6-4-8)16(19)20/h3-7H,1-2H3,(H2,14,15,17,18). The first kappa shape index (κ1) is 13.7. The Labute approximate surface area is 114 Å². The van der Waals surface area contributed by atoms with Crippen LogP contribution in [0.15, 0.2) is 29.1 Å². The monoisotopic (exact) mass is 275 g/mol. The van der Waals surface area contributed by atoms with Crippen molar-refractivity contribution in [3.05, 3.63) is 50.3 Å². The largest absolute Gasteiger partial charge is 0.493 e. The van der Waals surface area contributed by atoms with Gasteiger partial charge in [0.15, 0.2) is 0 Å². The van der Waals surface area contributed by atoms with E-state index in [1.807, 2.05) is 0 Å². The molecular weight excluding hydrogens is 262 g/mol. The van der Waals surface area contributed by atoms with E-state index in [1.54, 1.807) is 13.8 Å². The molecule has 0 aliphatic rings. The molecule has 2 rings (SSSR count). The normalized spacial score (nSPS) is 10.8. The first-order valence-corrected chi connectivity index (χ1v) is 5.98. The van der Waals surface area contributed by atoms with E-state index in [0.717, 1.165) is 0 Å². The van der Waals surface area contributed by atoms with Crippen LogP contribution in [0.1, 0.15) is 25.3 Å². The van der Waals surface area contributed by atoms with E-state index in [4.69, 9.17) is 0 Å². The molecule has 1 aromatic heterocycles. The molecule has 0 amide bonds. The lowest BCUT2D eigenvalue weighted by atomic mass is 10.1. The van der Waals surface area contributed by atoms with Crippen molar-refractivity contribution >= 4 is 5.69 Å². The number of nitro groups is 1. The number of aromatic hydroxyl groups is 1. The molecule has 2 N–H and O–H groups in total. The van der Waals surface area contributed by atoms with E-state index in [0.29, 0.717) is 5.56 Å². The summed E-state index contributed by atoms with van der Waals surface area (Å²) in [6, 6.07) is 5.54. The topological polar surface area (TPSA) is 109 Å². The molecule has 0 aliphatic heterocycles. The van der Waals surface area contributed by atoms with Crippen LogP contribution in [-0.2, 0) is 0 Å². The highest BCUT2D eigenvalue weighted by Crippen LogP contribution is 2.23. The van der Waals surface area contributed by atoms with Gasteiger partial charge in [0.1, 0.15) is 5.82 Å². The number of hydrogen-bond donors (Lipinski definition) is 2. The number of H-pyrrole nitrogens is 1. The Morgan fingerprint density at radius 1 is 1.30 bits per heavy atom.